The van der Waals surface area contributed by atoms with Gasteiger partial charge < -0.3 is 5.11 Å². The number of aliphatic hydroxyl groups is 1. The molecular weight excluding hydrogens is 339 g/mol. The summed E-state index contributed by atoms with van der Waals surface area (Å²) in [7, 11) is 0. The summed E-state index contributed by atoms with van der Waals surface area (Å²) in [6.07, 6.45) is -1.95. The zero-order valence-electron chi connectivity index (χ0n) is 14.7. The van der Waals surface area contributed by atoms with Gasteiger partial charge in [0.1, 0.15) is 0 Å². The highest BCUT2D eigenvalue weighted by atomic mass is 19.4. The lowest BCUT2D eigenvalue weighted by Gasteiger charge is -2.41. The Bertz CT molecular complexity index is 707. The summed E-state index contributed by atoms with van der Waals surface area (Å²) in [6.45, 7) is 1.79. The number of likely N-dealkylation sites (tertiary alicyclic amines) is 1. The normalized spacial score (nSPS) is 18.0. The second-order valence-corrected chi connectivity index (χ2v) is 7.25. The third-order valence-electron chi connectivity index (χ3n) is 5.39. The van der Waals surface area contributed by atoms with Crippen LogP contribution < -0.4 is 0 Å². The van der Waals surface area contributed by atoms with Gasteiger partial charge in [-0.1, -0.05) is 48.5 Å². The fourth-order valence-corrected chi connectivity index (χ4v) is 3.78. The highest BCUT2D eigenvalue weighted by Crippen LogP contribution is 2.37. The van der Waals surface area contributed by atoms with Crippen LogP contribution in [0.15, 0.2) is 54.6 Å². The lowest BCUT2D eigenvalue weighted by molar-refractivity contribution is -0.138. The van der Waals surface area contributed by atoms with Gasteiger partial charge in [0.2, 0.25) is 0 Å². The molecule has 0 aromatic heterocycles. The Labute approximate surface area is 152 Å². The molecule has 2 aromatic carbocycles. The fourth-order valence-electron chi connectivity index (χ4n) is 3.78. The number of rotatable bonds is 5. The molecule has 0 saturated carbocycles. The van der Waals surface area contributed by atoms with Gasteiger partial charge in [-0.05, 0) is 55.0 Å². The van der Waals surface area contributed by atoms with Crippen molar-refractivity contribution in [3.63, 3.8) is 0 Å². The summed E-state index contributed by atoms with van der Waals surface area (Å²) in [6, 6.07) is 15.9. The number of hydrogen-bond acceptors (Lipinski definition) is 2. The van der Waals surface area contributed by atoms with E-state index in [4.69, 9.17) is 0 Å². The van der Waals surface area contributed by atoms with E-state index >= 15 is 0 Å². The largest absolute Gasteiger partial charge is 0.416 e. The summed E-state index contributed by atoms with van der Waals surface area (Å²) < 4.78 is 39.5. The Hall–Kier alpha value is -1.85. The van der Waals surface area contributed by atoms with Gasteiger partial charge in [-0.3, -0.25) is 4.90 Å². The molecule has 1 aliphatic heterocycles. The molecule has 0 atom stereocenters. The smallest absolute Gasteiger partial charge is 0.396 e. The van der Waals surface area contributed by atoms with Crippen LogP contribution in [0.4, 0.5) is 13.2 Å². The SMILES string of the molecule is OCC1(Cc2ccccc2)CCN(Cc2ccccc2C(F)(F)F)CC1. The van der Waals surface area contributed by atoms with Gasteiger partial charge in [0.15, 0.2) is 0 Å². The van der Waals surface area contributed by atoms with Crippen LogP contribution in [-0.4, -0.2) is 29.7 Å². The molecule has 5 heteroatoms. The number of nitrogens with zero attached hydrogens (tertiary/aromatic N) is 1. The minimum absolute atomic E-state index is 0.106. The van der Waals surface area contributed by atoms with E-state index in [1.54, 1.807) is 12.1 Å². The van der Waals surface area contributed by atoms with Crippen molar-refractivity contribution in [2.45, 2.75) is 32.0 Å². The Kier molecular flexibility index (Phi) is 5.68. The predicted molar refractivity (Wildman–Crippen MR) is 95.6 cm³/mol. The third kappa shape index (κ3) is 4.46. The van der Waals surface area contributed by atoms with Crippen LogP contribution in [0.2, 0.25) is 0 Å². The minimum Gasteiger partial charge on any atom is -0.396 e. The molecule has 1 heterocycles. The van der Waals surface area contributed by atoms with E-state index in [0.717, 1.165) is 25.3 Å². The minimum atomic E-state index is -4.32. The first-order chi connectivity index (χ1) is 12.4. The quantitative estimate of drug-likeness (QED) is 0.844. The standard InChI is InChI=1S/C21H24F3NO/c22-21(23,24)19-9-5-4-8-18(19)15-25-12-10-20(16-26,11-13-25)14-17-6-2-1-3-7-17/h1-9,26H,10-16H2. The second kappa shape index (κ2) is 7.80. The molecule has 3 rings (SSSR count). The van der Waals surface area contributed by atoms with E-state index in [1.165, 1.54) is 11.6 Å². The van der Waals surface area contributed by atoms with E-state index in [2.05, 4.69) is 17.0 Å². The molecule has 1 fully saturated rings. The molecule has 2 aromatic rings. The van der Waals surface area contributed by atoms with Gasteiger partial charge in [0.05, 0.1) is 5.56 Å². The molecular formula is C21H24F3NO. The van der Waals surface area contributed by atoms with E-state index < -0.39 is 11.7 Å². The first kappa shape index (κ1) is 18.9. The van der Waals surface area contributed by atoms with Crippen molar-refractivity contribution in [2.24, 2.45) is 5.41 Å². The molecule has 0 amide bonds. The van der Waals surface area contributed by atoms with Crippen LogP contribution in [0, 0.1) is 5.41 Å². The fraction of sp³-hybridized carbons (Fsp3) is 0.429. The number of piperidine rings is 1. The van der Waals surface area contributed by atoms with Crippen LogP contribution in [-0.2, 0) is 19.1 Å². The highest BCUT2D eigenvalue weighted by molar-refractivity contribution is 5.29. The topological polar surface area (TPSA) is 23.5 Å². The number of alkyl halides is 3. The molecule has 1 aliphatic rings. The van der Waals surface area contributed by atoms with Crippen molar-refractivity contribution < 1.29 is 18.3 Å². The Morgan fingerprint density at radius 2 is 1.54 bits per heavy atom. The van der Waals surface area contributed by atoms with Gasteiger partial charge in [0.25, 0.3) is 0 Å². The number of aliphatic hydroxyl groups excluding tert-OH is 1. The van der Waals surface area contributed by atoms with Crippen LogP contribution in [0.3, 0.4) is 0 Å². The van der Waals surface area contributed by atoms with Crippen molar-refractivity contribution in [1.29, 1.82) is 0 Å². The molecule has 0 bridgehead atoms. The lowest BCUT2D eigenvalue weighted by atomic mass is 9.74. The van der Waals surface area contributed by atoms with Crippen molar-refractivity contribution in [1.82, 2.24) is 4.90 Å². The number of hydrogen-bond donors (Lipinski definition) is 1. The monoisotopic (exact) mass is 363 g/mol. The molecule has 1 saturated heterocycles. The molecule has 140 valence electrons. The maximum atomic E-state index is 13.2. The van der Waals surface area contributed by atoms with Crippen molar-refractivity contribution >= 4 is 0 Å². The van der Waals surface area contributed by atoms with Gasteiger partial charge in [-0.15, -0.1) is 0 Å². The summed E-state index contributed by atoms with van der Waals surface area (Å²) in [5.74, 6) is 0. The molecule has 26 heavy (non-hydrogen) atoms. The molecule has 0 spiro atoms. The van der Waals surface area contributed by atoms with Crippen molar-refractivity contribution in [3.05, 3.63) is 71.3 Å². The average molecular weight is 363 g/mol. The number of halogens is 3. The van der Waals surface area contributed by atoms with E-state index in [1.807, 2.05) is 18.2 Å². The van der Waals surface area contributed by atoms with Gasteiger partial charge in [-0.2, -0.15) is 13.2 Å². The maximum absolute atomic E-state index is 13.2. The van der Waals surface area contributed by atoms with Gasteiger partial charge >= 0.3 is 6.18 Å². The Morgan fingerprint density at radius 1 is 0.923 bits per heavy atom. The first-order valence-electron chi connectivity index (χ1n) is 8.94. The van der Waals surface area contributed by atoms with Crippen molar-refractivity contribution in [3.8, 4) is 0 Å². The average Bonchev–Trinajstić information content (AvgIpc) is 2.64. The highest BCUT2D eigenvalue weighted by Gasteiger charge is 2.36. The Morgan fingerprint density at radius 3 is 2.15 bits per heavy atom. The van der Waals surface area contributed by atoms with Gasteiger partial charge in [-0.25, -0.2) is 0 Å². The maximum Gasteiger partial charge on any atom is 0.416 e. The summed E-state index contributed by atoms with van der Waals surface area (Å²) in [4.78, 5) is 2.06. The molecule has 0 radical (unpaired) electrons. The van der Waals surface area contributed by atoms with Crippen LogP contribution in [0.1, 0.15) is 29.5 Å². The van der Waals surface area contributed by atoms with E-state index in [9.17, 15) is 18.3 Å². The molecule has 0 aliphatic carbocycles. The molecule has 2 nitrogen and oxygen atoms in total. The lowest BCUT2D eigenvalue weighted by Crippen LogP contribution is -2.43. The summed E-state index contributed by atoms with van der Waals surface area (Å²) in [5.41, 5.74) is 0.779. The zero-order chi connectivity index (χ0) is 18.6. The summed E-state index contributed by atoms with van der Waals surface area (Å²) in [5, 5.41) is 9.96. The van der Waals surface area contributed by atoms with Gasteiger partial charge in [0, 0.05) is 13.2 Å². The van der Waals surface area contributed by atoms with Crippen LogP contribution in [0.5, 0.6) is 0 Å². The first-order valence-corrected chi connectivity index (χ1v) is 8.94. The van der Waals surface area contributed by atoms with E-state index in [-0.39, 0.29) is 12.0 Å². The number of benzene rings is 2. The van der Waals surface area contributed by atoms with Crippen molar-refractivity contribution in [2.75, 3.05) is 19.7 Å². The zero-order valence-corrected chi connectivity index (χ0v) is 14.7. The van der Waals surface area contributed by atoms with Crippen LogP contribution in [0.25, 0.3) is 0 Å². The van der Waals surface area contributed by atoms with Crippen LogP contribution >= 0.6 is 0 Å². The molecule has 0 unspecified atom stereocenters. The predicted octanol–water partition coefficient (Wildman–Crippen LogP) is 4.52. The molecule has 1 N–H and O–H groups in total. The third-order valence-corrected chi connectivity index (χ3v) is 5.39. The second-order valence-electron chi connectivity index (χ2n) is 7.25. The van der Waals surface area contributed by atoms with E-state index in [0.29, 0.717) is 25.2 Å². The Balaban J connectivity index is 1.65. The summed E-state index contributed by atoms with van der Waals surface area (Å²) >= 11 is 0.